The van der Waals surface area contributed by atoms with Crippen molar-refractivity contribution in [3.63, 3.8) is 0 Å². The van der Waals surface area contributed by atoms with Gasteiger partial charge in [0, 0.05) is 25.9 Å². The molecule has 1 saturated heterocycles. The Labute approximate surface area is 89.4 Å². The third kappa shape index (κ3) is 3.01. The van der Waals surface area contributed by atoms with E-state index in [-0.39, 0.29) is 0 Å². The van der Waals surface area contributed by atoms with Crippen LogP contribution in [0.1, 0.15) is 18.4 Å². The van der Waals surface area contributed by atoms with Crippen LogP contribution < -0.4 is 5.32 Å². The number of piperidine rings is 1. The molecular weight excluding hydrogens is 193 g/mol. The second-order valence-corrected chi connectivity index (χ2v) is 3.91. The topological polar surface area (TPSA) is 21.3 Å². The Bertz CT molecular complexity index is 296. The highest BCUT2D eigenvalue weighted by Crippen LogP contribution is 2.25. The summed E-state index contributed by atoms with van der Waals surface area (Å²) in [6.45, 7) is 1.76. The van der Waals surface area contributed by atoms with Gasteiger partial charge in [0.2, 0.25) is 5.85 Å². The zero-order valence-electron chi connectivity index (χ0n) is 8.71. The fraction of sp³-hybridized carbons (Fsp3) is 0.500. The first-order chi connectivity index (χ1) is 7.29. The molecule has 3 heteroatoms. The monoisotopic (exact) mass is 209 g/mol. The minimum Gasteiger partial charge on any atom is -0.341 e. The Kier molecular flexibility index (Phi) is 3.34. The maximum absolute atomic E-state index is 14.0. The lowest BCUT2D eigenvalue weighted by Gasteiger charge is -2.29. The lowest BCUT2D eigenvalue weighted by Crippen LogP contribution is -2.40. The maximum Gasteiger partial charge on any atom is 0.211 e. The number of rotatable bonds is 3. The van der Waals surface area contributed by atoms with Gasteiger partial charge in [-0.25, -0.2) is 4.39 Å². The van der Waals surface area contributed by atoms with Crippen molar-refractivity contribution >= 4 is 0 Å². The van der Waals surface area contributed by atoms with Gasteiger partial charge in [-0.1, -0.05) is 30.3 Å². The molecule has 0 radical (unpaired) electrons. The Morgan fingerprint density at radius 2 is 1.87 bits per heavy atom. The van der Waals surface area contributed by atoms with E-state index in [1.165, 1.54) is 0 Å². The van der Waals surface area contributed by atoms with Gasteiger partial charge in [-0.15, -0.1) is 0 Å². The van der Waals surface area contributed by atoms with Gasteiger partial charge < -0.3 is 10.1 Å². The Morgan fingerprint density at radius 3 is 2.53 bits per heavy atom. The summed E-state index contributed by atoms with van der Waals surface area (Å²) in [5, 5.41) is 3.12. The third-order valence-electron chi connectivity index (χ3n) is 2.69. The molecule has 0 amide bonds. The molecule has 1 aromatic carbocycles. The van der Waals surface area contributed by atoms with Crippen LogP contribution in [0.2, 0.25) is 0 Å². The molecule has 0 aliphatic carbocycles. The molecule has 1 heterocycles. The van der Waals surface area contributed by atoms with Gasteiger partial charge in [0.15, 0.2) is 0 Å². The molecule has 0 bridgehead atoms. The van der Waals surface area contributed by atoms with Gasteiger partial charge in [-0.2, -0.15) is 0 Å². The first kappa shape index (κ1) is 10.6. The van der Waals surface area contributed by atoms with Crippen LogP contribution in [-0.2, 0) is 11.3 Å². The van der Waals surface area contributed by atoms with E-state index in [0.717, 1.165) is 5.56 Å². The van der Waals surface area contributed by atoms with Gasteiger partial charge in [-0.3, -0.25) is 0 Å². The molecule has 0 saturated carbocycles. The molecule has 1 N–H and O–H groups in total. The van der Waals surface area contributed by atoms with E-state index < -0.39 is 5.85 Å². The van der Waals surface area contributed by atoms with Crippen molar-refractivity contribution in [1.29, 1.82) is 0 Å². The van der Waals surface area contributed by atoms with E-state index in [1.807, 2.05) is 30.3 Å². The molecule has 1 aromatic rings. The highest BCUT2D eigenvalue weighted by molar-refractivity contribution is 5.13. The van der Waals surface area contributed by atoms with Crippen LogP contribution in [-0.4, -0.2) is 18.9 Å². The number of halogens is 1. The molecule has 0 unspecified atom stereocenters. The molecule has 0 aromatic heterocycles. The molecule has 2 nitrogen and oxygen atoms in total. The van der Waals surface area contributed by atoms with E-state index in [9.17, 15) is 4.39 Å². The van der Waals surface area contributed by atoms with Gasteiger partial charge in [0.25, 0.3) is 0 Å². The molecule has 1 aliphatic rings. The zero-order valence-corrected chi connectivity index (χ0v) is 8.71. The molecule has 1 fully saturated rings. The summed E-state index contributed by atoms with van der Waals surface area (Å²) in [5.74, 6) is -1.43. The van der Waals surface area contributed by atoms with E-state index in [4.69, 9.17) is 4.74 Å². The maximum atomic E-state index is 14.0. The third-order valence-corrected chi connectivity index (χ3v) is 2.69. The van der Waals surface area contributed by atoms with Crippen molar-refractivity contribution in [3.05, 3.63) is 35.9 Å². The number of nitrogens with one attached hydrogen (secondary N) is 1. The van der Waals surface area contributed by atoms with Crippen LogP contribution >= 0.6 is 0 Å². The second kappa shape index (κ2) is 4.73. The summed E-state index contributed by atoms with van der Waals surface area (Å²) in [5.41, 5.74) is 1.02. The Hall–Kier alpha value is -0.930. The normalized spacial score (nSPS) is 20.1. The zero-order chi connectivity index (χ0) is 10.6. The van der Waals surface area contributed by atoms with Gasteiger partial charge in [0.1, 0.15) is 0 Å². The van der Waals surface area contributed by atoms with Crippen LogP contribution in [0.4, 0.5) is 4.39 Å². The summed E-state index contributed by atoms with van der Waals surface area (Å²) in [6, 6.07) is 9.71. The number of hydrogen-bond acceptors (Lipinski definition) is 2. The van der Waals surface area contributed by atoms with Gasteiger partial charge in [0.05, 0.1) is 6.61 Å². The predicted molar refractivity (Wildman–Crippen MR) is 57.2 cm³/mol. The summed E-state index contributed by atoms with van der Waals surface area (Å²) in [6.07, 6.45) is 0.889. The second-order valence-electron chi connectivity index (χ2n) is 3.91. The van der Waals surface area contributed by atoms with Crippen molar-refractivity contribution in [3.8, 4) is 0 Å². The minimum absolute atomic E-state index is 0.358. The quantitative estimate of drug-likeness (QED) is 0.824. The van der Waals surface area contributed by atoms with Crippen LogP contribution in [0.3, 0.4) is 0 Å². The Morgan fingerprint density at radius 1 is 1.20 bits per heavy atom. The van der Waals surface area contributed by atoms with Crippen molar-refractivity contribution in [1.82, 2.24) is 5.32 Å². The number of benzene rings is 1. The number of hydrogen-bond donors (Lipinski definition) is 1. The molecule has 15 heavy (non-hydrogen) atoms. The first-order valence-corrected chi connectivity index (χ1v) is 5.36. The summed E-state index contributed by atoms with van der Waals surface area (Å²) < 4.78 is 19.3. The lowest BCUT2D eigenvalue weighted by molar-refractivity contribution is -0.169. The molecule has 1 aliphatic heterocycles. The molecular formula is C12H16FNO. The van der Waals surface area contributed by atoms with Crippen LogP contribution in [0.5, 0.6) is 0 Å². The van der Waals surface area contributed by atoms with Gasteiger partial charge in [-0.05, 0) is 5.56 Å². The number of ether oxygens (including phenoxy) is 1. The molecule has 0 spiro atoms. The van der Waals surface area contributed by atoms with Crippen LogP contribution in [0.25, 0.3) is 0 Å². The first-order valence-electron chi connectivity index (χ1n) is 5.36. The molecule has 2 rings (SSSR count). The average molecular weight is 209 g/mol. The van der Waals surface area contributed by atoms with Gasteiger partial charge >= 0.3 is 0 Å². The molecule has 0 atom stereocenters. The largest absolute Gasteiger partial charge is 0.341 e. The Balaban J connectivity index is 1.87. The minimum atomic E-state index is -1.43. The average Bonchev–Trinajstić information content (AvgIpc) is 2.29. The van der Waals surface area contributed by atoms with Crippen molar-refractivity contribution < 1.29 is 9.13 Å². The summed E-state index contributed by atoms with van der Waals surface area (Å²) in [7, 11) is 0. The van der Waals surface area contributed by atoms with E-state index in [1.54, 1.807) is 0 Å². The highest BCUT2D eigenvalue weighted by atomic mass is 19.2. The smallest absolute Gasteiger partial charge is 0.211 e. The van der Waals surface area contributed by atoms with E-state index >= 15 is 0 Å². The number of alkyl halides is 1. The summed E-state index contributed by atoms with van der Waals surface area (Å²) in [4.78, 5) is 0. The fourth-order valence-electron chi connectivity index (χ4n) is 1.73. The van der Waals surface area contributed by atoms with Crippen molar-refractivity contribution in [2.24, 2.45) is 0 Å². The van der Waals surface area contributed by atoms with Crippen LogP contribution in [0.15, 0.2) is 30.3 Å². The lowest BCUT2D eigenvalue weighted by atomic mass is 10.1. The van der Waals surface area contributed by atoms with Crippen LogP contribution in [0, 0.1) is 0 Å². The van der Waals surface area contributed by atoms with Crippen molar-refractivity contribution in [2.45, 2.75) is 25.3 Å². The fourth-order valence-corrected chi connectivity index (χ4v) is 1.73. The summed E-state index contributed by atoms with van der Waals surface area (Å²) >= 11 is 0. The standard InChI is InChI=1S/C12H16FNO/c13-12(6-8-14-9-7-12)15-10-11-4-2-1-3-5-11/h1-5,14H,6-10H2. The van der Waals surface area contributed by atoms with E-state index in [0.29, 0.717) is 32.5 Å². The highest BCUT2D eigenvalue weighted by Gasteiger charge is 2.32. The predicted octanol–water partition coefficient (Wildman–Crippen LogP) is 2.25. The molecule has 82 valence electrons. The SMILES string of the molecule is FC1(OCc2ccccc2)CCNCC1. The van der Waals surface area contributed by atoms with Crippen molar-refractivity contribution in [2.75, 3.05) is 13.1 Å². The van der Waals surface area contributed by atoms with E-state index in [2.05, 4.69) is 5.32 Å².